The molecule has 4 nitrogen and oxygen atoms in total. The first kappa shape index (κ1) is 12.3. The summed E-state index contributed by atoms with van der Waals surface area (Å²) in [6.45, 7) is 0. The van der Waals surface area contributed by atoms with Gasteiger partial charge in [0.2, 0.25) is 0 Å². The van der Waals surface area contributed by atoms with Crippen molar-refractivity contribution >= 4 is 32.7 Å². The van der Waals surface area contributed by atoms with Crippen molar-refractivity contribution in [2.75, 3.05) is 0 Å². The molecule has 0 saturated carbocycles. The third-order valence-electron chi connectivity index (χ3n) is 4.19. The minimum Gasteiger partial charge on any atom is -0.245 e. The van der Waals surface area contributed by atoms with E-state index in [1.807, 2.05) is 36.4 Å². The molecular weight excluding hydrogens is 284 g/mol. The van der Waals surface area contributed by atoms with Crippen LogP contribution in [0.1, 0.15) is 0 Å². The molecule has 2 aromatic heterocycles. The third kappa shape index (κ3) is 1.82. The Morgan fingerprint density at radius 2 is 1.48 bits per heavy atom. The molecule has 0 spiro atoms. The highest BCUT2D eigenvalue weighted by molar-refractivity contribution is 6.07. The number of hydrogen-bond acceptors (Lipinski definition) is 3. The molecule has 3 aromatic carbocycles. The SMILES string of the molecule is c1ccc2cc(-c3nc4ccccc4c4n[nH]nc34)ccc2c1. The van der Waals surface area contributed by atoms with Gasteiger partial charge in [0.25, 0.3) is 0 Å². The first-order valence-electron chi connectivity index (χ1n) is 7.48. The molecule has 23 heavy (non-hydrogen) atoms. The number of hydrogen-bond donors (Lipinski definition) is 1. The molecule has 0 aliphatic heterocycles. The fraction of sp³-hybridized carbons (Fsp3) is 0. The topological polar surface area (TPSA) is 54.5 Å². The van der Waals surface area contributed by atoms with E-state index in [1.54, 1.807) is 0 Å². The van der Waals surface area contributed by atoms with Crippen molar-refractivity contribution < 1.29 is 0 Å². The third-order valence-corrected chi connectivity index (χ3v) is 4.19. The molecule has 0 amide bonds. The van der Waals surface area contributed by atoms with Crippen LogP contribution in [-0.4, -0.2) is 20.4 Å². The van der Waals surface area contributed by atoms with Gasteiger partial charge in [-0.05, 0) is 22.9 Å². The molecule has 5 rings (SSSR count). The minimum absolute atomic E-state index is 0.805. The largest absolute Gasteiger partial charge is 0.245 e. The van der Waals surface area contributed by atoms with E-state index in [0.717, 1.165) is 33.2 Å². The number of nitrogens with zero attached hydrogens (tertiary/aromatic N) is 3. The summed E-state index contributed by atoms with van der Waals surface area (Å²) in [4.78, 5) is 4.83. The standard InChI is InChI=1S/C19H12N4/c1-2-6-13-11-14(10-9-12(13)5-1)17-19-18(21-23-22-19)15-7-3-4-8-16(15)20-17/h1-11H,(H,21,22,23). The van der Waals surface area contributed by atoms with Gasteiger partial charge in [-0.25, -0.2) is 4.98 Å². The van der Waals surface area contributed by atoms with Gasteiger partial charge in [-0.1, -0.05) is 54.6 Å². The highest BCUT2D eigenvalue weighted by Gasteiger charge is 2.13. The smallest absolute Gasteiger partial charge is 0.139 e. The lowest BCUT2D eigenvalue weighted by atomic mass is 10.0. The Balaban J connectivity index is 1.87. The molecule has 0 saturated heterocycles. The average molecular weight is 296 g/mol. The molecule has 0 aliphatic rings. The van der Waals surface area contributed by atoms with E-state index in [-0.39, 0.29) is 0 Å². The Hall–Kier alpha value is -3.27. The second kappa shape index (κ2) is 4.61. The van der Waals surface area contributed by atoms with E-state index in [4.69, 9.17) is 4.98 Å². The van der Waals surface area contributed by atoms with Crippen molar-refractivity contribution in [3.05, 3.63) is 66.7 Å². The molecule has 0 aliphatic carbocycles. The zero-order chi connectivity index (χ0) is 15.2. The highest BCUT2D eigenvalue weighted by Crippen LogP contribution is 2.31. The molecule has 0 bridgehead atoms. The summed E-state index contributed by atoms with van der Waals surface area (Å²) in [5, 5.41) is 14.8. The van der Waals surface area contributed by atoms with Crippen LogP contribution < -0.4 is 0 Å². The lowest BCUT2D eigenvalue weighted by Gasteiger charge is -2.06. The molecule has 0 unspecified atom stereocenters. The Kier molecular flexibility index (Phi) is 2.46. The van der Waals surface area contributed by atoms with Crippen LogP contribution >= 0.6 is 0 Å². The van der Waals surface area contributed by atoms with Gasteiger partial charge in [0.05, 0.1) is 5.52 Å². The highest BCUT2D eigenvalue weighted by atomic mass is 15.3. The van der Waals surface area contributed by atoms with Gasteiger partial charge in [-0.15, -0.1) is 0 Å². The maximum atomic E-state index is 4.83. The van der Waals surface area contributed by atoms with Crippen molar-refractivity contribution in [3.63, 3.8) is 0 Å². The van der Waals surface area contributed by atoms with Crippen LogP contribution in [-0.2, 0) is 0 Å². The normalized spacial score (nSPS) is 11.5. The van der Waals surface area contributed by atoms with E-state index in [9.17, 15) is 0 Å². The Morgan fingerprint density at radius 1 is 0.696 bits per heavy atom. The number of aromatic nitrogens is 4. The predicted octanol–water partition coefficient (Wildman–Crippen LogP) is 4.33. The zero-order valence-electron chi connectivity index (χ0n) is 12.2. The van der Waals surface area contributed by atoms with Crippen LogP contribution in [0.25, 0.3) is 44.0 Å². The van der Waals surface area contributed by atoms with Crippen molar-refractivity contribution in [3.8, 4) is 11.3 Å². The maximum absolute atomic E-state index is 4.83. The zero-order valence-corrected chi connectivity index (χ0v) is 12.2. The second-order valence-corrected chi connectivity index (χ2v) is 5.56. The Bertz CT molecular complexity index is 1170. The van der Waals surface area contributed by atoms with Gasteiger partial charge in [0, 0.05) is 10.9 Å². The molecule has 0 atom stereocenters. The quantitative estimate of drug-likeness (QED) is 0.501. The molecular formula is C19H12N4. The van der Waals surface area contributed by atoms with Gasteiger partial charge in [-0.2, -0.15) is 15.4 Å². The summed E-state index contributed by atoms with van der Waals surface area (Å²) >= 11 is 0. The van der Waals surface area contributed by atoms with Crippen LogP contribution in [0.15, 0.2) is 66.7 Å². The lowest BCUT2D eigenvalue weighted by Crippen LogP contribution is -1.89. The monoisotopic (exact) mass is 296 g/mol. The number of pyridine rings is 1. The molecule has 4 heteroatoms. The summed E-state index contributed by atoms with van der Waals surface area (Å²) in [6, 6.07) is 22.7. The van der Waals surface area contributed by atoms with E-state index in [2.05, 4.69) is 45.7 Å². The first-order chi connectivity index (χ1) is 11.4. The molecule has 2 heterocycles. The number of rotatable bonds is 1. The van der Waals surface area contributed by atoms with E-state index in [0.29, 0.717) is 0 Å². The number of fused-ring (bicyclic) bond motifs is 4. The molecule has 1 N–H and O–H groups in total. The summed E-state index contributed by atoms with van der Waals surface area (Å²) in [5.41, 5.74) is 4.50. The minimum atomic E-state index is 0.805. The predicted molar refractivity (Wildman–Crippen MR) is 92.1 cm³/mol. The van der Waals surface area contributed by atoms with Crippen LogP contribution in [0.5, 0.6) is 0 Å². The summed E-state index contributed by atoms with van der Waals surface area (Å²) < 4.78 is 0. The van der Waals surface area contributed by atoms with Gasteiger partial charge in [0.15, 0.2) is 0 Å². The number of nitrogens with one attached hydrogen (secondary N) is 1. The second-order valence-electron chi connectivity index (χ2n) is 5.56. The number of para-hydroxylation sites is 1. The van der Waals surface area contributed by atoms with Crippen LogP contribution in [0, 0.1) is 0 Å². The summed E-state index contributed by atoms with van der Waals surface area (Å²) in [6.07, 6.45) is 0. The van der Waals surface area contributed by atoms with Crippen LogP contribution in [0.4, 0.5) is 0 Å². The van der Waals surface area contributed by atoms with Crippen molar-refractivity contribution in [1.82, 2.24) is 20.4 Å². The fourth-order valence-electron chi connectivity index (χ4n) is 3.07. The van der Waals surface area contributed by atoms with Crippen molar-refractivity contribution in [2.24, 2.45) is 0 Å². The molecule has 0 radical (unpaired) electrons. The summed E-state index contributed by atoms with van der Waals surface area (Å²) in [5.74, 6) is 0. The average Bonchev–Trinajstić information content (AvgIpc) is 3.11. The van der Waals surface area contributed by atoms with Gasteiger partial charge < -0.3 is 0 Å². The Morgan fingerprint density at radius 3 is 2.43 bits per heavy atom. The summed E-state index contributed by atoms with van der Waals surface area (Å²) in [7, 11) is 0. The molecule has 108 valence electrons. The number of benzene rings is 3. The molecule has 5 aromatic rings. The Labute approximate surface area is 131 Å². The number of aromatic amines is 1. The van der Waals surface area contributed by atoms with Crippen molar-refractivity contribution in [2.45, 2.75) is 0 Å². The van der Waals surface area contributed by atoms with E-state index >= 15 is 0 Å². The van der Waals surface area contributed by atoms with E-state index < -0.39 is 0 Å². The van der Waals surface area contributed by atoms with Gasteiger partial charge in [-0.3, -0.25) is 0 Å². The van der Waals surface area contributed by atoms with Crippen molar-refractivity contribution in [1.29, 1.82) is 0 Å². The molecule has 0 fully saturated rings. The lowest BCUT2D eigenvalue weighted by molar-refractivity contribution is 0.960. The maximum Gasteiger partial charge on any atom is 0.139 e. The fourth-order valence-corrected chi connectivity index (χ4v) is 3.07. The van der Waals surface area contributed by atoms with Crippen LogP contribution in [0.3, 0.4) is 0 Å². The first-order valence-corrected chi connectivity index (χ1v) is 7.48. The van der Waals surface area contributed by atoms with Gasteiger partial charge >= 0.3 is 0 Å². The number of H-pyrrole nitrogens is 1. The van der Waals surface area contributed by atoms with Gasteiger partial charge in [0.1, 0.15) is 16.7 Å². The van der Waals surface area contributed by atoms with Crippen LogP contribution in [0.2, 0.25) is 0 Å². The van der Waals surface area contributed by atoms with E-state index in [1.165, 1.54) is 10.8 Å².